The van der Waals surface area contributed by atoms with Gasteiger partial charge in [0, 0.05) is 11.7 Å². The summed E-state index contributed by atoms with van der Waals surface area (Å²) in [6.45, 7) is 9.26. The van der Waals surface area contributed by atoms with E-state index in [1.54, 1.807) is 0 Å². The molecule has 1 nitrogen and oxygen atoms in total. The van der Waals surface area contributed by atoms with E-state index in [4.69, 9.17) is 0 Å². The van der Waals surface area contributed by atoms with Crippen LogP contribution in [0.1, 0.15) is 64.9 Å². The molecule has 0 amide bonds. The van der Waals surface area contributed by atoms with Crippen LogP contribution in [0.15, 0.2) is 24.3 Å². The predicted molar refractivity (Wildman–Crippen MR) is 80.2 cm³/mol. The van der Waals surface area contributed by atoms with Gasteiger partial charge in [-0.15, -0.1) is 0 Å². The lowest BCUT2D eigenvalue weighted by molar-refractivity contribution is 0.232. The molecule has 1 N–H and O–H groups in total. The third kappa shape index (κ3) is 3.51. The van der Waals surface area contributed by atoms with Gasteiger partial charge in [-0.25, -0.2) is 0 Å². The largest absolute Gasteiger partial charge is 0.382 e. The zero-order valence-electron chi connectivity index (χ0n) is 12.3. The SMILES string of the molecule is CC(C)c1ccc(NC2CCC(C)(C)CC2)cc1. The number of hydrogen-bond acceptors (Lipinski definition) is 1. The molecule has 0 spiro atoms. The molecular formula is C17H27N. The van der Waals surface area contributed by atoms with Gasteiger partial charge >= 0.3 is 0 Å². The van der Waals surface area contributed by atoms with Crippen LogP contribution in [0.25, 0.3) is 0 Å². The fourth-order valence-electron chi connectivity index (χ4n) is 2.74. The first-order valence-corrected chi connectivity index (χ1v) is 7.33. The lowest BCUT2D eigenvalue weighted by Gasteiger charge is -2.35. The van der Waals surface area contributed by atoms with Gasteiger partial charge in [0.05, 0.1) is 0 Å². The minimum absolute atomic E-state index is 0.555. The van der Waals surface area contributed by atoms with Gasteiger partial charge in [-0.2, -0.15) is 0 Å². The summed E-state index contributed by atoms with van der Waals surface area (Å²) in [6.07, 6.45) is 5.29. The minimum atomic E-state index is 0.555. The van der Waals surface area contributed by atoms with Crippen LogP contribution in [-0.4, -0.2) is 6.04 Å². The van der Waals surface area contributed by atoms with Crippen molar-refractivity contribution in [2.24, 2.45) is 5.41 Å². The van der Waals surface area contributed by atoms with Crippen molar-refractivity contribution in [3.63, 3.8) is 0 Å². The van der Waals surface area contributed by atoms with Gasteiger partial charge in [-0.1, -0.05) is 39.8 Å². The van der Waals surface area contributed by atoms with Crippen LogP contribution < -0.4 is 5.32 Å². The quantitative estimate of drug-likeness (QED) is 0.772. The highest BCUT2D eigenvalue weighted by molar-refractivity contribution is 5.46. The smallest absolute Gasteiger partial charge is 0.0342 e. The summed E-state index contributed by atoms with van der Waals surface area (Å²) in [6, 6.07) is 9.63. The molecule has 100 valence electrons. The Bertz CT molecular complexity index is 365. The number of anilines is 1. The second-order valence-corrected chi connectivity index (χ2v) is 6.86. The lowest BCUT2D eigenvalue weighted by atomic mass is 9.75. The van der Waals surface area contributed by atoms with E-state index < -0.39 is 0 Å². The van der Waals surface area contributed by atoms with Crippen molar-refractivity contribution < 1.29 is 0 Å². The summed E-state index contributed by atoms with van der Waals surface area (Å²) in [5.41, 5.74) is 3.26. The van der Waals surface area contributed by atoms with Gasteiger partial charge in [-0.05, 0) is 54.7 Å². The van der Waals surface area contributed by atoms with Crippen molar-refractivity contribution in [1.82, 2.24) is 0 Å². The second kappa shape index (κ2) is 5.34. The first kappa shape index (κ1) is 13.5. The third-order valence-corrected chi connectivity index (χ3v) is 4.29. The van der Waals surface area contributed by atoms with Gasteiger partial charge in [0.1, 0.15) is 0 Å². The maximum Gasteiger partial charge on any atom is 0.0342 e. The highest BCUT2D eigenvalue weighted by Crippen LogP contribution is 2.36. The molecule has 0 saturated heterocycles. The molecule has 1 aliphatic carbocycles. The number of rotatable bonds is 3. The molecule has 0 radical (unpaired) electrons. The third-order valence-electron chi connectivity index (χ3n) is 4.29. The van der Waals surface area contributed by atoms with Crippen LogP contribution in [0.5, 0.6) is 0 Å². The van der Waals surface area contributed by atoms with E-state index in [1.807, 2.05) is 0 Å². The summed E-state index contributed by atoms with van der Waals surface area (Å²) in [5.74, 6) is 0.620. The Labute approximate surface area is 112 Å². The fraction of sp³-hybridized carbons (Fsp3) is 0.647. The van der Waals surface area contributed by atoms with Crippen molar-refractivity contribution in [3.05, 3.63) is 29.8 Å². The number of hydrogen-bond donors (Lipinski definition) is 1. The predicted octanol–water partition coefficient (Wildman–Crippen LogP) is 5.19. The number of nitrogens with one attached hydrogen (secondary N) is 1. The Morgan fingerprint density at radius 2 is 1.61 bits per heavy atom. The van der Waals surface area contributed by atoms with Gasteiger partial charge in [0.2, 0.25) is 0 Å². The van der Waals surface area contributed by atoms with Crippen LogP contribution >= 0.6 is 0 Å². The fourth-order valence-corrected chi connectivity index (χ4v) is 2.74. The molecule has 0 aromatic heterocycles. The molecule has 0 bridgehead atoms. The summed E-state index contributed by atoms with van der Waals surface area (Å²) in [7, 11) is 0. The molecule has 1 aromatic rings. The Balaban J connectivity index is 1.90. The van der Waals surface area contributed by atoms with Crippen molar-refractivity contribution in [2.75, 3.05) is 5.32 Å². The normalized spacial score (nSPS) is 20.1. The summed E-state index contributed by atoms with van der Waals surface area (Å²) < 4.78 is 0. The van der Waals surface area contributed by atoms with Crippen LogP contribution in [-0.2, 0) is 0 Å². The van der Waals surface area contributed by atoms with Crippen LogP contribution in [0.2, 0.25) is 0 Å². The topological polar surface area (TPSA) is 12.0 Å². The molecular weight excluding hydrogens is 218 g/mol. The Hall–Kier alpha value is -0.980. The molecule has 0 unspecified atom stereocenters. The highest BCUT2D eigenvalue weighted by Gasteiger charge is 2.26. The standard InChI is InChI=1S/C17H27N/c1-13(2)14-5-7-15(8-6-14)18-16-9-11-17(3,4)12-10-16/h5-8,13,16,18H,9-12H2,1-4H3. The maximum atomic E-state index is 3.68. The zero-order chi connectivity index (χ0) is 13.2. The summed E-state index contributed by atoms with van der Waals surface area (Å²) >= 11 is 0. The molecule has 1 aliphatic rings. The van der Waals surface area contributed by atoms with E-state index in [9.17, 15) is 0 Å². The first-order chi connectivity index (χ1) is 8.46. The molecule has 18 heavy (non-hydrogen) atoms. The second-order valence-electron chi connectivity index (χ2n) is 6.86. The molecule has 1 fully saturated rings. The average molecular weight is 245 g/mol. The molecule has 1 aromatic carbocycles. The highest BCUT2D eigenvalue weighted by atomic mass is 14.9. The molecule has 0 heterocycles. The van der Waals surface area contributed by atoms with Crippen LogP contribution in [0, 0.1) is 5.41 Å². The molecule has 0 atom stereocenters. The van der Waals surface area contributed by atoms with E-state index in [0.717, 1.165) is 0 Å². The Morgan fingerprint density at radius 3 is 2.11 bits per heavy atom. The monoisotopic (exact) mass is 245 g/mol. The Kier molecular flexibility index (Phi) is 3.99. The average Bonchev–Trinajstić information content (AvgIpc) is 2.33. The van der Waals surface area contributed by atoms with Crippen molar-refractivity contribution >= 4 is 5.69 Å². The summed E-state index contributed by atoms with van der Waals surface area (Å²) in [4.78, 5) is 0. The molecule has 0 aliphatic heterocycles. The van der Waals surface area contributed by atoms with Crippen LogP contribution in [0.3, 0.4) is 0 Å². The van der Waals surface area contributed by atoms with E-state index in [-0.39, 0.29) is 0 Å². The van der Waals surface area contributed by atoms with E-state index >= 15 is 0 Å². The molecule has 2 rings (SSSR count). The Morgan fingerprint density at radius 1 is 1.06 bits per heavy atom. The number of benzene rings is 1. The van der Waals surface area contributed by atoms with Gasteiger partial charge in [0.15, 0.2) is 0 Å². The minimum Gasteiger partial charge on any atom is -0.382 e. The zero-order valence-corrected chi connectivity index (χ0v) is 12.3. The lowest BCUT2D eigenvalue weighted by Crippen LogP contribution is -2.29. The van der Waals surface area contributed by atoms with Gasteiger partial charge < -0.3 is 5.32 Å². The van der Waals surface area contributed by atoms with Gasteiger partial charge in [-0.3, -0.25) is 0 Å². The van der Waals surface area contributed by atoms with Crippen molar-refractivity contribution in [3.8, 4) is 0 Å². The maximum absolute atomic E-state index is 3.68. The van der Waals surface area contributed by atoms with Gasteiger partial charge in [0.25, 0.3) is 0 Å². The van der Waals surface area contributed by atoms with Crippen molar-refractivity contribution in [1.29, 1.82) is 0 Å². The van der Waals surface area contributed by atoms with E-state index in [1.165, 1.54) is 36.9 Å². The van der Waals surface area contributed by atoms with E-state index in [0.29, 0.717) is 17.4 Å². The van der Waals surface area contributed by atoms with Crippen LogP contribution in [0.4, 0.5) is 5.69 Å². The summed E-state index contributed by atoms with van der Waals surface area (Å²) in [5, 5.41) is 3.68. The first-order valence-electron chi connectivity index (χ1n) is 7.33. The van der Waals surface area contributed by atoms with E-state index in [2.05, 4.69) is 57.3 Å². The molecule has 1 saturated carbocycles. The van der Waals surface area contributed by atoms with Crippen molar-refractivity contribution in [2.45, 2.75) is 65.3 Å². The molecule has 1 heteroatoms.